The number of methoxy groups -OCH3 is 1. The zero-order chi connectivity index (χ0) is 10.3. The zero-order valence-corrected chi connectivity index (χ0v) is 8.90. The lowest BCUT2D eigenvalue weighted by Gasteiger charge is -2.34. The number of fused-ring (bicyclic) bond motifs is 1. The maximum absolute atomic E-state index is 9.93. The molecule has 4 unspecified atom stereocenters. The summed E-state index contributed by atoms with van der Waals surface area (Å²) in [7, 11) is 1.65. The van der Waals surface area contributed by atoms with Gasteiger partial charge in [0.05, 0.1) is 13.2 Å². The predicted octanol–water partition coefficient (Wildman–Crippen LogP) is 0.186. The summed E-state index contributed by atoms with van der Waals surface area (Å²) in [6, 6.07) is 0. The van der Waals surface area contributed by atoms with Crippen LogP contribution in [0.3, 0.4) is 0 Å². The number of rotatable bonds is 2. The van der Waals surface area contributed by atoms with E-state index < -0.39 is 11.7 Å². The molecule has 0 aliphatic carbocycles. The highest BCUT2D eigenvalue weighted by molar-refractivity contribution is 5.09. The fraction of sp³-hybridized carbons (Fsp3) is 1.00. The van der Waals surface area contributed by atoms with Crippen LogP contribution in [-0.4, -0.2) is 49.3 Å². The highest BCUT2D eigenvalue weighted by Crippen LogP contribution is 2.43. The molecular formula is C10H18O4. The molecule has 2 aliphatic heterocycles. The molecule has 2 fully saturated rings. The second-order valence-corrected chi connectivity index (χ2v) is 4.36. The van der Waals surface area contributed by atoms with Crippen LogP contribution >= 0.6 is 0 Å². The van der Waals surface area contributed by atoms with Gasteiger partial charge >= 0.3 is 0 Å². The number of ether oxygens (including phenoxy) is 3. The molecule has 0 amide bonds. The first kappa shape index (κ1) is 10.4. The Morgan fingerprint density at radius 3 is 2.71 bits per heavy atom. The molecule has 82 valence electrons. The minimum absolute atomic E-state index is 0.0467. The lowest BCUT2D eigenvalue weighted by atomic mass is 9.82. The Hall–Kier alpha value is -0.160. The molecule has 2 rings (SSSR count). The number of hydrogen-bond donors (Lipinski definition) is 1. The third-order valence-corrected chi connectivity index (χ3v) is 3.44. The largest absolute Gasteiger partial charge is 0.388 e. The van der Waals surface area contributed by atoms with E-state index in [1.807, 2.05) is 13.8 Å². The summed E-state index contributed by atoms with van der Waals surface area (Å²) < 4.78 is 16.6. The maximum atomic E-state index is 9.93. The average Bonchev–Trinajstić information content (AvgIpc) is 2.65. The molecule has 0 radical (unpaired) electrons. The van der Waals surface area contributed by atoms with E-state index in [1.165, 1.54) is 0 Å². The van der Waals surface area contributed by atoms with Gasteiger partial charge in [-0.1, -0.05) is 13.8 Å². The van der Waals surface area contributed by atoms with Crippen LogP contribution in [0.15, 0.2) is 0 Å². The fourth-order valence-electron chi connectivity index (χ4n) is 2.61. The molecule has 0 spiro atoms. The van der Waals surface area contributed by atoms with E-state index in [0.717, 1.165) is 0 Å². The summed E-state index contributed by atoms with van der Waals surface area (Å²) in [6.45, 7) is 4.95. The van der Waals surface area contributed by atoms with Gasteiger partial charge in [0.25, 0.3) is 0 Å². The third kappa shape index (κ3) is 1.15. The van der Waals surface area contributed by atoms with Gasteiger partial charge in [0.1, 0.15) is 23.9 Å². The van der Waals surface area contributed by atoms with Crippen LogP contribution in [0.1, 0.15) is 13.8 Å². The van der Waals surface area contributed by atoms with E-state index in [-0.39, 0.29) is 18.1 Å². The molecular weight excluding hydrogens is 184 g/mol. The van der Waals surface area contributed by atoms with Crippen LogP contribution in [0.4, 0.5) is 0 Å². The summed E-state index contributed by atoms with van der Waals surface area (Å²) >= 11 is 0. The zero-order valence-electron chi connectivity index (χ0n) is 8.90. The van der Waals surface area contributed by atoms with Crippen molar-refractivity contribution in [2.24, 2.45) is 5.92 Å². The van der Waals surface area contributed by atoms with Crippen molar-refractivity contribution >= 4 is 0 Å². The van der Waals surface area contributed by atoms with Crippen LogP contribution in [0.5, 0.6) is 0 Å². The van der Waals surface area contributed by atoms with Gasteiger partial charge in [-0.2, -0.15) is 0 Å². The van der Waals surface area contributed by atoms with E-state index in [0.29, 0.717) is 13.2 Å². The van der Waals surface area contributed by atoms with Crippen molar-refractivity contribution < 1.29 is 19.3 Å². The van der Waals surface area contributed by atoms with Gasteiger partial charge in [-0.25, -0.2) is 0 Å². The Labute approximate surface area is 84.1 Å². The van der Waals surface area contributed by atoms with Gasteiger partial charge in [0.15, 0.2) is 0 Å². The summed E-state index contributed by atoms with van der Waals surface area (Å²) in [6.07, 6.45) is -0.704. The second kappa shape index (κ2) is 3.45. The van der Waals surface area contributed by atoms with Crippen LogP contribution < -0.4 is 0 Å². The Morgan fingerprint density at radius 2 is 2.14 bits per heavy atom. The summed E-state index contributed by atoms with van der Waals surface area (Å²) in [5, 5.41) is 9.93. The van der Waals surface area contributed by atoms with Gasteiger partial charge in [0, 0.05) is 7.11 Å². The minimum atomic E-state index is -0.555. The second-order valence-electron chi connectivity index (χ2n) is 4.36. The number of hydrogen-bond acceptors (Lipinski definition) is 4. The van der Waals surface area contributed by atoms with Gasteiger partial charge in [0.2, 0.25) is 0 Å². The molecule has 0 aromatic heterocycles. The Kier molecular flexibility index (Phi) is 2.55. The van der Waals surface area contributed by atoms with Crippen molar-refractivity contribution in [3.05, 3.63) is 0 Å². The summed E-state index contributed by atoms with van der Waals surface area (Å²) in [4.78, 5) is 0. The van der Waals surface area contributed by atoms with Crippen molar-refractivity contribution in [2.45, 2.75) is 37.8 Å². The molecule has 4 nitrogen and oxygen atoms in total. The SMILES string of the molecule is COC1COC2(C(C)C)C(O)COC12. The Balaban J connectivity index is 2.26. The normalized spacial score (nSPS) is 47.4. The van der Waals surface area contributed by atoms with Crippen molar-refractivity contribution in [2.75, 3.05) is 20.3 Å². The quantitative estimate of drug-likeness (QED) is 0.694. The number of aliphatic hydroxyl groups excluding tert-OH is 1. The van der Waals surface area contributed by atoms with Gasteiger partial charge in [-0.3, -0.25) is 0 Å². The smallest absolute Gasteiger partial charge is 0.127 e. The summed E-state index contributed by atoms with van der Waals surface area (Å²) in [5.41, 5.74) is -0.555. The minimum Gasteiger partial charge on any atom is -0.388 e. The van der Waals surface area contributed by atoms with Crippen molar-refractivity contribution in [1.82, 2.24) is 0 Å². The molecule has 0 bridgehead atoms. The molecule has 0 aromatic carbocycles. The lowest BCUT2D eigenvalue weighted by molar-refractivity contribution is -0.106. The Bertz CT molecular complexity index is 218. The molecule has 2 aliphatic rings. The molecule has 0 aromatic rings. The average molecular weight is 202 g/mol. The molecule has 4 atom stereocenters. The standard InChI is InChI=1S/C10H18O4/c1-6(2)10-8(11)5-13-9(10)7(12-3)4-14-10/h6-9,11H,4-5H2,1-3H3. The predicted molar refractivity (Wildman–Crippen MR) is 50.1 cm³/mol. The van der Waals surface area contributed by atoms with Crippen LogP contribution in [0.25, 0.3) is 0 Å². The first-order chi connectivity index (χ1) is 6.63. The molecule has 4 heteroatoms. The van der Waals surface area contributed by atoms with E-state index >= 15 is 0 Å². The monoisotopic (exact) mass is 202 g/mol. The molecule has 14 heavy (non-hydrogen) atoms. The van der Waals surface area contributed by atoms with Gasteiger partial charge in [-0.15, -0.1) is 0 Å². The highest BCUT2D eigenvalue weighted by atomic mass is 16.6. The lowest BCUT2D eigenvalue weighted by Crippen LogP contribution is -2.51. The van der Waals surface area contributed by atoms with Crippen molar-refractivity contribution in [1.29, 1.82) is 0 Å². The number of aliphatic hydroxyl groups is 1. The van der Waals surface area contributed by atoms with Crippen LogP contribution in [0.2, 0.25) is 0 Å². The first-order valence-corrected chi connectivity index (χ1v) is 5.09. The maximum Gasteiger partial charge on any atom is 0.127 e. The van der Waals surface area contributed by atoms with Crippen molar-refractivity contribution in [3.63, 3.8) is 0 Å². The van der Waals surface area contributed by atoms with E-state index in [2.05, 4.69) is 0 Å². The molecule has 2 heterocycles. The van der Waals surface area contributed by atoms with E-state index in [1.54, 1.807) is 7.11 Å². The van der Waals surface area contributed by atoms with Gasteiger partial charge in [-0.05, 0) is 5.92 Å². The van der Waals surface area contributed by atoms with Crippen LogP contribution in [0, 0.1) is 5.92 Å². The van der Waals surface area contributed by atoms with E-state index in [9.17, 15) is 5.11 Å². The fourth-order valence-corrected chi connectivity index (χ4v) is 2.61. The first-order valence-electron chi connectivity index (χ1n) is 5.09. The van der Waals surface area contributed by atoms with Gasteiger partial charge < -0.3 is 19.3 Å². The molecule has 2 saturated heterocycles. The third-order valence-electron chi connectivity index (χ3n) is 3.44. The van der Waals surface area contributed by atoms with Crippen molar-refractivity contribution in [3.8, 4) is 0 Å². The molecule has 1 N–H and O–H groups in total. The Morgan fingerprint density at radius 1 is 1.43 bits per heavy atom. The highest BCUT2D eigenvalue weighted by Gasteiger charge is 2.61. The topological polar surface area (TPSA) is 47.9 Å². The van der Waals surface area contributed by atoms with Crippen LogP contribution in [-0.2, 0) is 14.2 Å². The van der Waals surface area contributed by atoms with E-state index in [4.69, 9.17) is 14.2 Å². The molecule has 0 saturated carbocycles. The summed E-state index contributed by atoms with van der Waals surface area (Å²) in [5.74, 6) is 0.227.